The van der Waals surface area contributed by atoms with E-state index in [4.69, 9.17) is 0 Å². The van der Waals surface area contributed by atoms with Crippen LogP contribution in [0.1, 0.15) is 22.5 Å². The van der Waals surface area contributed by atoms with Crippen LogP contribution in [0.15, 0.2) is 12.1 Å². The Morgan fingerprint density at radius 2 is 2.23 bits per heavy atom. The second-order valence-corrected chi connectivity index (χ2v) is 2.25. The highest BCUT2D eigenvalue weighted by atomic mass is 19.3. The summed E-state index contributed by atoms with van der Waals surface area (Å²) in [6.07, 6.45) is -2.16. The van der Waals surface area contributed by atoms with Crippen LogP contribution in [0.3, 0.4) is 0 Å². The van der Waals surface area contributed by atoms with Crippen LogP contribution in [0, 0.1) is 0 Å². The predicted octanol–water partition coefficient (Wildman–Crippen LogP) is 1.84. The summed E-state index contributed by atoms with van der Waals surface area (Å²) >= 11 is 0. The number of carbonyl (C=O) groups is 1. The molecule has 0 N–H and O–H groups in total. The number of aromatic nitrogens is 1. The van der Waals surface area contributed by atoms with Crippen LogP contribution in [0.5, 0.6) is 5.88 Å². The summed E-state index contributed by atoms with van der Waals surface area (Å²) in [5.41, 5.74) is -0.241. The number of carbonyl (C=O) groups excluding carboxylic acids is 1. The minimum atomic E-state index is -2.66. The van der Waals surface area contributed by atoms with Gasteiger partial charge >= 0.3 is 0 Å². The zero-order valence-electron chi connectivity index (χ0n) is 6.83. The van der Waals surface area contributed by atoms with Crippen molar-refractivity contribution in [2.45, 2.75) is 6.43 Å². The molecule has 0 bridgehead atoms. The van der Waals surface area contributed by atoms with Crippen molar-refractivity contribution < 1.29 is 18.3 Å². The Morgan fingerprint density at radius 3 is 2.69 bits per heavy atom. The van der Waals surface area contributed by atoms with Gasteiger partial charge < -0.3 is 4.74 Å². The molecule has 1 heterocycles. The van der Waals surface area contributed by atoms with E-state index in [1.54, 1.807) is 0 Å². The van der Waals surface area contributed by atoms with Crippen molar-refractivity contribution in [3.8, 4) is 5.88 Å². The number of methoxy groups -OCH3 is 1. The third-order valence-electron chi connectivity index (χ3n) is 1.46. The maximum absolute atomic E-state index is 12.1. The van der Waals surface area contributed by atoms with E-state index in [-0.39, 0.29) is 11.4 Å². The van der Waals surface area contributed by atoms with Gasteiger partial charge in [0, 0.05) is 0 Å². The molecule has 0 aromatic carbocycles. The van der Waals surface area contributed by atoms with Crippen molar-refractivity contribution in [3.05, 3.63) is 23.4 Å². The molecule has 70 valence electrons. The van der Waals surface area contributed by atoms with Crippen LogP contribution >= 0.6 is 0 Å². The number of rotatable bonds is 3. The summed E-state index contributed by atoms with van der Waals surface area (Å²) in [5.74, 6) is -0.0761. The van der Waals surface area contributed by atoms with Crippen LogP contribution in [0.4, 0.5) is 8.78 Å². The molecule has 0 atom stereocenters. The molecule has 5 heteroatoms. The van der Waals surface area contributed by atoms with E-state index < -0.39 is 12.1 Å². The van der Waals surface area contributed by atoms with Crippen molar-refractivity contribution in [2.24, 2.45) is 0 Å². The molecule has 0 aliphatic carbocycles. The Hall–Kier alpha value is -1.52. The highest BCUT2D eigenvalue weighted by Gasteiger charge is 2.12. The number of aldehydes is 1. The first-order chi connectivity index (χ1) is 6.19. The monoisotopic (exact) mass is 187 g/mol. The van der Waals surface area contributed by atoms with Gasteiger partial charge in [-0.1, -0.05) is 0 Å². The number of nitrogens with zero attached hydrogens (tertiary/aromatic N) is 1. The Bertz CT molecular complexity index is 315. The summed E-state index contributed by atoms with van der Waals surface area (Å²) in [5, 5.41) is 0. The fourth-order valence-electron chi connectivity index (χ4n) is 0.840. The molecule has 0 saturated carbocycles. The molecule has 13 heavy (non-hydrogen) atoms. The molecule has 1 aromatic heterocycles. The molecule has 0 aliphatic rings. The van der Waals surface area contributed by atoms with E-state index in [1.807, 2.05) is 0 Å². The largest absolute Gasteiger partial charge is 0.480 e. The fraction of sp³-hybridized carbons (Fsp3) is 0.250. The van der Waals surface area contributed by atoms with Gasteiger partial charge in [0.2, 0.25) is 5.88 Å². The van der Waals surface area contributed by atoms with E-state index in [1.165, 1.54) is 13.2 Å². The molecule has 0 fully saturated rings. The molecular formula is C8H7F2NO2. The maximum Gasteiger partial charge on any atom is 0.280 e. The highest BCUT2D eigenvalue weighted by molar-refractivity contribution is 5.78. The standard InChI is InChI=1S/C8H7F2NO2/c1-13-8-5(4-12)2-3-6(11-8)7(9)10/h2-4,7H,1H3. The average Bonchev–Trinajstić information content (AvgIpc) is 2.16. The molecule has 0 aliphatic heterocycles. The topological polar surface area (TPSA) is 39.2 Å². The van der Waals surface area contributed by atoms with E-state index >= 15 is 0 Å². The second kappa shape index (κ2) is 3.93. The minimum Gasteiger partial charge on any atom is -0.480 e. The van der Waals surface area contributed by atoms with Gasteiger partial charge in [0.15, 0.2) is 6.29 Å². The maximum atomic E-state index is 12.1. The van der Waals surface area contributed by atoms with Crippen molar-refractivity contribution in [1.29, 1.82) is 0 Å². The zero-order valence-corrected chi connectivity index (χ0v) is 6.83. The van der Waals surface area contributed by atoms with Gasteiger partial charge in [-0.3, -0.25) is 4.79 Å². The summed E-state index contributed by atoms with van der Waals surface area (Å²) in [4.78, 5) is 13.8. The SMILES string of the molecule is COc1nc(C(F)F)ccc1C=O. The first kappa shape index (κ1) is 9.57. The van der Waals surface area contributed by atoms with Crippen molar-refractivity contribution in [3.63, 3.8) is 0 Å². The predicted molar refractivity (Wildman–Crippen MR) is 41.1 cm³/mol. The van der Waals surface area contributed by atoms with Gasteiger partial charge in [-0.25, -0.2) is 13.8 Å². The van der Waals surface area contributed by atoms with E-state index in [2.05, 4.69) is 9.72 Å². The summed E-state index contributed by atoms with van der Waals surface area (Å²) < 4.78 is 28.9. The van der Waals surface area contributed by atoms with Gasteiger partial charge in [0.05, 0.1) is 12.7 Å². The quantitative estimate of drug-likeness (QED) is 0.677. The third-order valence-corrected chi connectivity index (χ3v) is 1.46. The normalized spacial score (nSPS) is 10.2. The molecule has 0 saturated heterocycles. The van der Waals surface area contributed by atoms with Gasteiger partial charge in [0.1, 0.15) is 5.69 Å². The number of pyridine rings is 1. The second-order valence-electron chi connectivity index (χ2n) is 2.25. The Balaban J connectivity index is 3.12. The van der Waals surface area contributed by atoms with Crippen LogP contribution < -0.4 is 4.74 Å². The third kappa shape index (κ3) is 1.99. The molecular weight excluding hydrogens is 180 g/mol. The Morgan fingerprint density at radius 1 is 1.54 bits per heavy atom. The molecule has 0 unspecified atom stereocenters. The fourth-order valence-corrected chi connectivity index (χ4v) is 0.840. The lowest BCUT2D eigenvalue weighted by molar-refractivity contribution is 0.111. The molecule has 3 nitrogen and oxygen atoms in total. The summed E-state index contributed by atoms with van der Waals surface area (Å²) in [6.45, 7) is 0. The molecule has 1 aromatic rings. The lowest BCUT2D eigenvalue weighted by atomic mass is 10.2. The van der Waals surface area contributed by atoms with Crippen LogP contribution in [0.25, 0.3) is 0 Å². The van der Waals surface area contributed by atoms with Crippen molar-refractivity contribution >= 4 is 6.29 Å². The Labute approximate surface area is 73.4 Å². The number of alkyl halides is 2. The number of ether oxygens (including phenoxy) is 1. The molecule has 0 spiro atoms. The van der Waals surface area contributed by atoms with Crippen molar-refractivity contribution in [2.75, 3.05) is 7.11 Å². The van der Waals surface area contributed by atoms with Gasteiger partial charge in [-0.2, -0.15) is 0 Å². The first-order valence-electron chi connectivity index (χ1n) is 3.47. The van der Waals surface area contributed by atoms with E-state index in [0.29, 0.717) is 6.29 Å². The lowest BCUT2D eigenvalue weighted by Gasteiger charge is -2.04. The smallest absolute Gasteiger partial charge is 0.280 e. The minimum absolute atomic E-state index is 0.0761. The Kier molecular flexibility index (Phi) is 2.89. The van der Waals surface area contributed by atoms with Crippen molar-refractivity contribution in [1.82, 2.24) is 4.98 Å². The number of hydrogen-bond acceptors (Lipinski definition) is 3. The number of hydrogen-bond donors (Lipinski definition) is 0. The van der Waals surface area contributed by atoms with E-state index in [9.17, 15) is 13.6 Å². The highest BCUT2D eigenvalue weighted by Crippen LogP contribution is 2.21. The average molecular weight is 187 g/mol. The van der Waals surface area contributed by atoms with Crippen LogP contribution in [0.2, 0.25) is 0 Å². The molecule has 0 radical (unpaired) electrons. The van der Waals surface area contributed by atoms with Gasteiger partial charge in [-0.05, 0) is 12.1 Å². The van der Waals surface area contributed by atoms with Gasteiger partial charge in [0.25, 0.3) is 6.43 Å². The first-order valence-corrected chi connectivity index (χ1v) is 3.47. The zero-order chi connectivity index (χ0) is 9.84. The summed E-state index contributed by atoms with van der Waals surface area (Å²) in [7, 11) is 1.27. The van der Waals surface area contributed by atoms with E-state index in [0.717, 1.165) is 6.07 Å². The van der Waals surface area contributed by atoms with Crippen LogP contribution in [-0.2, 0) is 0 Å². The van der Waals surface area contributed by atoms with Crippen LogP contribution in [-0.4, -0.2) is 18.4 Å². The molecule has 1 rings (SSSR count). The number of halogens is 2. The molecule has 0 amide bonds. The lowest BCUT2D eigenvalue weighted by Crippen LogP contribution is -1.98. The van der Waals surface area contributed by atoms with Gasteiger partial charge in [-0.15, -0.1) is 0 Å². The summed E-state index contributed by atoms with van der Waals surface area (Å²) in [6, 6.07) is 2.34.